The van der Waals surface area contributed by atoms with Gasteiger partial charge in [-0.15, -0.1) is 0 Å². The van der Waals surface area contributed by atoms with E-state index in [0.717, 1.165) is 16.5 Å². The number of carbonyl (C=O) groups excluding carboxylic acids is 3. The van der Waals surface area contributed by atoms with Crippen LogP contribution in [0.2, 0.25) is 0 Å². The molecule has 0 bridgehead atoms. The van der Waals surface area contributed by atoms with E-state index < -0.39 is 24.6 Å². The van der Waals surface area contributed by atoms with Crippen LogP contribution in [0.15, 0.2) is 30.5 Å². The minimum absolute atomic E-state index is 0.0384. The van der Waals surface area contributed by atoms with Crippen molar-refractivity contribution in [1.29, 1.82) is 0 Å². The van der Waals surface area contributed by atoms with Crippen molar-refractivity contribution >= 4 is 28.9 Å². The van der Waals surface area contributed by atoms with Gasteiger partial charge < -0.3 is 14.5 Å². The molecule has 7 nitrogen and oxygen atoms in total. The van der Waals surface area contributed by atoms with Gasteiger partial charge in [0.2, 0.25) is 0 Å². The smallest absolute Gasteiger partial charge is 0.413 e. The second-order valence-electron chi connectivity index (χ2n) is 4.47. The first-order chi connectivity index (χ1) is 10.6. The number of imide groups is 1. The Morgan fingerprint density at radius 1 is 1.18 bits per heavy atom. The lowest BCUT2D eigenvalue weighted by atomic mass is 10.1. The van der Waals surface area contributed by atoms with E-state index in [1.807, 2.05) is 29.6 Å². The van der Waals surface area contributed by atoms with E-state index in [1.54, 1.807) is 13.1 Å². The lowest BCUT2D eigenvalue weighted by Crippen LogP contribution is -2.34. The van der Waals surface area contributed by atoms with Gasteiger partial charge in [0.05, 0.1) is 13.0 Å². The summed E-state index contributed by atoms with van der Waals surface area (Å²) in [6.45, 7) is 1.24. The molecule has 0 saturated heterocycles. The number of alkyl carbamates (subject to hydrolysis) is 1. The van der Waals surface area contributed by atoms with E-state index in [9.17, 15) is 14.4 Å². The molecular formula is C15H16N2O5. The van der Waals surface area contributed by atoms with Gasteiger partial charge in [-0.1, -0.05) is 18.2 Å². The quantitative estimate of drug-likeness (QED) is 0.816. The Labute approximate surface area is 126 Å². The summed E-state index contributed by atoms with van der Waals surface area (Å²) in [4.78, 5) is 37.1. The summed E-state index contributed by atoms with van der Waals surface area (Å²) in [5.74, 6) is -1.28. The van der Waals surface area contributed by atoms with Crippen molar-refractivity contribution in [3.63, 3.8) is 0 Å². The molecule has 22 heavy (non-hydrogen) atoms. The number of rotatable bonds is 5. The summed E-state index contributed by atoms with van der Waals surface area (Å²) >= 11 is 0. The van der Waals surface area contributed by atoms with Crippen LogP contribution in [0.1, 0.15) is 12.5 Å². The predicted octanol–water partition coefficient (Wildman–Crippen LogP) is 1.53. The Balaban J connectivity index is 1.83. The fourth-order valence-electron chi connectivity index (χ4n) is 1.95. The Morgan fingerprint density at radius 3 is 2.73 bits per heavy atom. The molecule has 2 N–H and O–H groups in total. The highest BCUT2D eigenvalue weighted by atomic mass is 16.6. The molecule has 0 radical (unpaired) electrons. The average Bonchev–Trinajstić information content (AvgIpc) is 2.89. The van der Waals surface area contributed by atoms with Crippen LogP contribution >= 0.6 is 0 Å². The number of amides is 2. The lowest BCUT2D eigenvalue weighted by molar-refractivity contribution is -0.147. The largest absolute Gasteiger partial charge is 0.455 e. The zero-order chi connectivity index (χ0) is 15.9. The highest BCUT2D eigenvalue weighted by molar-refractivity contribution is 5.93. The number of fused-ring (bicyclic) bond motifs is 1. The van der Waals surface area contributed by atoms with Crippen LogP contribution in [0.4, 0.5) is 4.79 Å². The molecule has 1 aromatic carbocycles. The Hall–Kier alpha value is -2.83. The highest BCUT2D eigenvalue weighted by Crippen LogP contribution is 2.18. The first kappa shape index (κ1) is 15.6. The Morgan fingerprint density at radius 2 is 1.95 bits per heavy atom. The van der Waals surface area contributed by atoms with Gasteiger partial charge >= 0.3 is 12.1 Å². The molecule has 1 heterocycles. The Kier molecular flexibility index (Phi) is 5.13. The molecule has 2 aromatic rings. The third-order valence-corrected chi connectivity index (χ3v) is 2.89. The first-order valence-corrected chi connectivity index (χ1v) is 6.77. The van der Waals surface area contributed by atoms with Crippen LogP contribution in [-0.2, 0) is 25.5 Å². The number of aromatic amines is 1. The second kappa shape index (κ2) is 7.26. The van der Waals surface area contributed by atoms with Gasteiger partial charge in [-0.25, -0.2) is 4.79 Å². The van der Waals surface area contributed by atoms with Crippen LogP contribution in [0.25, 0.3) is 10.9 Å². The van der Waals surface area contributed by atoms with E-state index in [4.69, 9.17) is 4.74 Å². The molecule has 116 valence electrons. The summed E-state index contributed by atoms with van der Waals surface area (Å²) in [5, 5.41) is 2.87. The molecule has 0 aliphatic heterocycles. The molecule has 2 amide bonds. The number of para-hydroxylation sites is 1. The third-order valence-electron chi connectivity index (χ3n) is 2.89. The van der Waals surface area contributed by atoms with Crippen LogP contribution in [-0.4, -0.2) is 36.2 Å². The maximum Gasteiger partial charge on any atom is 0.413 e. The van der Waals surface area contributed by atoms with Crippen molar-refractivity contribution in [2.45, 2.75) is 13.3 Å². The number of H-pyrrole nitrogens is 1. The molecule has 1 aromatic heterocycles. The van der Waals surface area contributed by atoms with Crippen LogP contribution in [0.3, 0.4) is 0 Å². The van der Waals surface area contributed by atoms with Crippen LogP contribution in [0, 0.1) is 0 Å². The number of aromatic nitrogens is 1. The van der Waals surface area contributed by atoms with Crippen molar-refractivity contribution in [1.82, 2.24) is 10.3 Å². The molecular weight excluding hydrogens is 288 g/mol. The zero-order valence-corrected chi connectivity index (χ0v) is 12.0. The molecule has 0 saturated carbocycles. The highest BCUT2D eigenvalue weighted by Gasteiger charge is 2.13. The minimum Gasteiger partial charge on any atom is -0.455 e. The molecule has 7 heteroatoms. The van der Waals surface area contributed by atoms with Crippen molar-refractivity contribution in [2.24, 2.45) is 0 Å². The van der Waals surface area contributed by atoms with Gasteiger partial charge in [0.15, 0.2) is 6.61 Å². The molecule has 0 spiro atoms. The molecule has 0 atom stereocenters. The average molecular weight is 304 g/mol. The Bertz CT molecular complexity index is 692. The van der Waals surface area contributed by atoms with Crippen molar-refractivity contribution in [3.8, 4) is 0 Å². The van der Waals surface area contributed by atoms with Crippen LogP contribution in [0.5, 0.6) is 0 Å². The summed E-state index contributed by atoms with van der Waals surface area (Å²) in [5.41, 5.74) is 1.71. The molecule has 2 rings (SSSR count). The molecule has 0 unspecified atom stereocenters. The summed E-state index contributed by atoms with van der Waals surface area (Å²) in [6, 6.07) is 7.55. The van der Waals surface area contributed by atoms with E-state index in [1.165, 1.54) is 0 Å². The topological polar surface area (TPSA) is 97.5 Å². The van der Waals surface area contributed by atoms with Crippen LogP contribution < -0.4 is 5.32 Å². The van der Waals surface area contributed by atoms with Gasteiger partial charge in [-0.05, 0) is 18.6 Å². The maximum absolute atomic E-state index is 11.7. The fourth-order valence-corrected chi connectivity index (χ4v) is 1.95. The molecule has 0 aliphatic carbocycles. The second-order valence-corrected chi connectivity index (χ2v) is 4.47. The SMILES string of the molecule is CCOC(=O)NC(=O)COC(=O)Cc1c[nH]c2ccccc12. The van der Waals surface area contributed by atoms with E-state index in [2.05, 4.69) is 9.72 Å². The summed E-state index contributed by atoms with van der Waals surface area (Å²) < 4.78 is 9.37. The normalized spacial score (nSPS) is 10.2. The summed E-state index contributed by atoms with van der Waals surface area (Å²) in [7, 11) is 0. The number of nitrogens with one attached hydrogen (secondary N) is 2. The number of hydrogen-bond acceptors (Lipinski definition) is 5. The van der Waals surface area contributed by atoms with Gasteiger partial charge in [0, 0.05) is 17.1 Å². The minimum atomic E-state index is -0.861. The fraction of sp³-hybridized carbons (Fsp3) is 0.267. The van der Waals surface area contributed by atoms with E-state index in [-0.39, 0.29) is 13.0 Å². The summed E-state index contributed by atoms with van der Waals surface area (Å²) in [6.07, 6.45) is 0.904. The van der Waals surface area contributed by atoms with Gasteiger partial charge in [-0.2, -0.15) is 0 Å². The molecule has 0 fully saturated rings. The number of carbonyl (C=O) groups is 3. The predicted molar refractivity (Wildman–Crippen MR) is 78.1 cm³/mol. The van der Waals surface area contributed by atoms with E-state index >= 15 is 0 Å². The van der Waals surface area contributed by atoms with Crippen molar-refractivity contribution in [3.05, 3.63) is 36.0 Å². The third kappa shape index (κ3) is 4.08. The number of ether oxygens (including phenoxy) is 2. The number of hydrogen-bond donors (Lipinski definition) is 2. The maximum atomic E-state index is 11.7. The molecule has 0 aliphatic rings. The standard InChI is InChI=1S/C15H16N2O5/c1-2-21-15(20)17-13(18)9-22-14(19)7-10-8-16-12-6-4-3-5-11(10)12/h3-6,8,16H,2,7,9H2,1H3,(H,17,18,20). The zero-order valence-electron chi connectivity index (χ0n) is 12.0. The van der Waals surface area contributed by atoms with Gasteiger partial charge in [0.1, 0.15) is 0 Å². The van der Waals surface area contributed by atoms with Gasteiger partial charge in [0.25, 0.3) is 5.91 Å². The monoisotopic (exact) mass is 304 g/mol. The van der Waals surface area contributed by atoms with Crippen molar-refractivity contribution in [2.75, 3.05) is 13.2 Å². The first-order valence-electron chi connectivity index (χ1n) is 6.77. The lowest BCUT2D eigenvalue weighted by Gasteiger charge is -2.05. The van der Waals surface area contributed by atoms with E-state index in [0.29, 0.717) is 0 Å². The number of benzene rings is 1. The van der Waals surface area contributed by atoms with Crippen molar-refractivity contribution < 1.29 is 23.9 Å². The number of esters is 1. The van der Waals surface area contributed by atoms with Gasteiger partial charge in [-0.3, -0.25) is 14.9 Å².